The van der Waals surface area contributed by atoms with Gasteiger partial charge in [-0.25, -0.2) is 0 Å². The highest BCUT2D eigenvalue weighted by atomic mass is 16.7. The van der Waals surface area contributed by atoms with Crippen molar-refractivity contribution in [2.75, 3.05) is 19.8 Å². The normalized spacial score (nSPS) is 16.9. The molecular formula is C26H27NO3. The van der Waals surface area contributed by atoms with E-state index in [1.54, 1.807) is 0 Å². The molecule has 1 unspecified atom stereocenters. The number of nitrogens with zero attached hydrogens (tertiary/aromatic N) is 1. The Hall–Kier alpha value is -2.82. The molecule has 4 aromatic rings. The summed E-state index contributed by atoms with van der Waals surface area (Å²) in [5.74, 6) is 0.868. The molecule has 1 aliphatic rings. The predicted molar refractivity (Wildman–Crippen MR) is 120 cm³/mol. The Morgan fingerprint density at radius 2 is 1.67 bits per heavy atom. The molecule has 0 amide bonds. The van der Waals surface area contributed by atoms with Crippen LogP contribution in [0.5, 0.6) is 5.75 Å². The van der Waals surface area contributed by atoms with Crippen LogP contribution in [0.3, 0.4) is 0 Å². The minimum absolute atomic E-state index is 0.0711. The lowest BCUT2D eigenvalue weighted by Crippen LogP contribution is -2.24. The predicted octanol–water partition coefficient (Wildman–Crippen LogP) is 5.76. The molecule has 1 atom stereocenters. The van der Waals surface area contributed by atoms with Crippen molar-refractivity contribution >= 4 is 21.8 Å². The van der Waals surface area contributed by atoms with Crippen LogP contribution < -0.4 is 4.74 Å². The first-order valence-corrected chi connectivity index (χ1v) is 10.8. The molecule has 4 heteroatoms. The van der Waals surface area contributed by atoms with E-state index in [0.717, 1.165) is 31.7 Å². The third-order valence-corrected chi connectivity index (χ3v) is 5.72. The summed E-state index contributed by atoms with van der Waals surface area (Å²) in [6.45, 7) is 2.69. The summed E-state index contributed by atoms with van der Waals surface area (Å²) in [5, 5.41) is 2.52. The number of hydrogen-bond donors (Lipinski definition) is 0. The van der Waals surface area contributed by atoms with Gasteiger partial charge in [-0.1, -0.05) is 48.5 Å². The largest absolute Gasteiger partial charge is 0.491 e. The standard InChI is InChI=1S/C26H27NO3/c1-2-8-20(9-3-1)19-27-24-11-5-4-10-22(24)23-14-13-21(18-25(23)27)28-16-17-30-26-12-6-7-15-29-26/h1-5,8-11,13-14,18,26H,6-7,12,15-17,19H2. The number of aromatic nitrogens is 1. The fourth-order valence-corrected chi connectivity index (χ4v) is 4.24. The Kier molecular flexibility index (Phi) is 5.69. The minimum Gasteiger partial charge on any atom is -0.491 e. The summed E-state index contributed by atoms with van der Waals surface area (Å²) in [6.07, 6.45) is 3.21. The molecule has 0 aliphatic carbocycles. The maximum absolute atomic E-state index is 6.01. The average Bonchev–Trinajstić information content (AvgIpc) is 3.11. The molecule has 1 aliphatic heterocycles. The van der Waals surface area contributed by atoms with Crippen molar-refractivity contribution < 1.29 is 14.2 Å². The Morgan fingerprint density at radius 3 is 2.53 bits per heavy atom. The van der Waals surface area contributed by atoms with E-state index in [1.165, 1.54) is 33.8 Å². The van der Waals surface area contributed by atoms with E-state index < -0.39 is 0 Å². The third kappa shape index (κ3) is 4.07. The van der Waals surface area contributed by atoms with E-state index >= 15 is 0 Å². The van der Waals surface area contributed by atoms with Gasteiger partial charge in [0, 0.05) is 35.5 Å². The molecule has 0 bridgehead atoms. The van der Waals surface area contributed by atoms with Crippen LogP contribution in [0.4, 0.5) is 0 Å². The van der Waals surface area contributed by atoms with Crippen LogP contribution in [0.2, 0.25) is 0 Å². The fourth-order valence-electron chi connectivity index (χ4n) is 4.24. The van der Waals surface area contributed by atoms with Crippen molar-refractivity contribution in [2.45, 2.75) is 32.1 Å². The van der Waals surface area contributed by atoms with Crippen LogP contribution in [0.1, 0.15) is 24.8 Å². The molecule has 1 saturated heterocycles. The van der Waals surface area contributed by atoms with Crippen LogP contribution in [0.25, 0.3) is 21.8 Å². The summed E-state index contributed by atoms with van der Waals surface area (Å²) >= 11 is 0. The Bertz CT molecular complexity index is 1110. The summed E-state index contributed by atoms with van der Waals surface area (Å²) in [5.41, 5.74) is 3.72. The smallest absolute Gasteiger partial charge is 0.157 e. The second kappa shape index (κ2) is 8.90. The molecule has 0 saturated carbocycles. The topological polar surface area (TPSA) is 32.6 Å². The SMILES string of the molecule is c1ccc(Cn2c3ccccc3c3ccc(OCCOC4CCCCO4)cc32)cc1. The summed E-state index contributed by atoms with van der Waals surface area (Å²) in [6, 6.07) is 25.5. The van der Waals surface area contributed by atoms with Gasteiger partial charge in [-0.05, 0) is 43.0 Å². The minimum atomic E-state index is -0.0711. The van der Waals surface area contributed by atoms with Gasteiger partial charge in [-0.2, -0.15) is 0 Å². The maximum atomic E-state index is 6.01. The van der Waals surface area contributed by atoms with Crippen molar-refractivity contribution in [3.05, 3.63) is 78.4 Å². The Morgan fingerprint density at radius 1 is 0.833 bits per heavy atom. The van der Waals surface area contributed by atoms with Crippen LogP contribution in [0.15, 0.2) is 72.8 Å². The first-order chi connectivity index (χ1) is 14.9. The molecular weight excluding hydrogens is 374 g/mol. The van der Waals surface area contributed by atoms with E-state index in [0.29, 0.717) is 13.2 Å². The Balaban J connectivity index is 1.37. The maximum Gasteiger partial charge on any atom is 0.157 e. The zero-order valence-electron chi connectivity index (χ0n) is 17.1. The lowest BCUT2D eigenvalue weighted by molar-refractivity contribution is -0.165. The summed E-state index contributed by atoms with van der Waals surface area (Å²) < 4.78 is 19.8. The lowest BCUT2D eigenvalue weighted by atomic mass is 10.1. The first kappa shape index (κ1) is 19.2. The molecule has 1 fully saturated rings. The van der Waals surface area contributed by atoms with Crippen molar-refractivity contribution in [3.63, 3.8) is 0 Å². The highest BCUT2D eigenvalue weighted by Crippen LogP contribution is 2.32. The number of benzene rings is 3. The number of fused-ring (bicyclic) bond motifs is 3. The van der Waals surface area contributed by atoms with E-state index in [9.17, 15) is 0 Å². The average molecular weight is 402 g/mol. The number of para-hydroxylation sites is 1. The molecule has 2 heterocycles. The fraction of sp³-hybridized carbons (Fsp3) is 0.308. The van der Waals surface area contributed by atoms with E-state index in [2.05, 4.69) is 77.4 Å². The van der Waals surface area contributed by atoms with E-state index in [-0.39, 0.29) is 6.29 Å². The molecule has 4 nitrogen and oxygen atoms in total. The number of ether oxygens (including phenoxy) is 3. The molecule has 1 aromatic heterocycles. The zero-order chi connectivity index (χ0) is 20.2. The van der Waals surface area contributed by atoms with Crippen molar-refractivity contribution in [3.8, 4) is 5.75 Å². The molecule has 30 heavy (non-hydrogen) atoms. The van der Waals surface area contributed by atoms with Crippen LogP contribution in [0, 0.1) is 0 Å². The second-order valence-corrected chi connectivity index (χ2v) is 7.78. The van der Waals surface area contributed by atoms with Crippen molar-refractivity contribution in [1.29, 1.82) is 0 Å². The van der Waals surface area contributed by atoms with Gasteiger partial charge in [0.05, 0.1) is 12.1 Å². The van der Waals surface area contributed by atoms with Gasteiger partial charge in [0.15, 0.2) is 6.29 Å². The highest BCUT2D eigenvalue weighted by Gasteiger charge is 2.14. The molecule has 5 rings (SSSR count). The highest BCUT2D eigenvalue weighted by molar-refractivity contribution is 6.08. The monoisotopic (exact) mass is 401 g/mol. The van der Waals surface area contributed by atoms with E-state index in [4.69, 9.17) is 14.2 Å². The van der Waals surface area contributed by atoms with Crippen LogP contribution >= 0.6 is 0 Å². The Labute approximate surface area is 177 Å². The van der Waals surface area contributed by atoms with Gasteiger partial charge in [-0.15, -0.1) is 0 Å². The van der Waals surface area contributed by atoms with Gasteiger partial charge >= 0.3 is 0 Å². The van der Waals surface area contributed by atoms with Gasteiger partial charge in [-0.3, -0.25) is 0 Å². The quantitative estimate of drug-likeness (QED) is 0.369. The van der Waals surface area contributed by atoms with Crippen molar-refractivity contribution in [1.82, 2.24) is 4.57 Å². The number of hydrogen-bond acceptors (Lipinski definition) is 3. The van der Waals surface area contributed by atoms with Crippen LogP contribution in [-0.2, 0) is 16.0 Å². The first-order valence-electron chi connectivity index (χ1n) is 10.8. The summed E-state index contributed by atoms with van der Waals surface area (Å²) in [7, 11) is 0. The molecule has 154 valence electrons. The molecule has 0 spiro atoms. The summed E-state index contributed by atoms with van der Waals surface area (Å²) in [4.78, 5) is 0. The third-order valence-electron chi connectivity index (χ3n) is 5.72. The van der Waals surface area contributed by atoms with Crippen molar-refractivity contribution in [2.24, 2.45) is 0 Å². The zero-order valence-corrected chi connectivity index (χ0v) is 17.1. The van der Waals surface area contributed by atoms with Gasteiger partial charge in [0.25, 0.3) is 0 Å². The van der Waals surface area contributed by atoms with E-state index in [1.807, 2.05) is 0 Å². The van der Waals surface area contributed by atoms with Gasteiger partial charge in [0.1, 0.15) is 12.4 Å². The molecule has 3 aromatic carbocycles. The van der Waals surface area contributed by atoms with Crippen LogP contribution in [-0.4, -0.2) is 30.7 Å². The second-order valence-electron chi connectivity index (χ2n) is 7.78. The van der Waals surface area contributed by atoms with Gasteiger partial charge < -0.3 is 18.8 Å². The molecule has 0 radical (unpaired) electrons. The lowest BCUT2D eigenvalue weighted by Gasteiger charge is -2.22. The van der Waals surface area contributed by atoms with Gasteiger partial charge in [0.2, 0.25) is 0 Å². The number of rotatable bonds is 7. The molecule has 0 N–H and O–H groups in total.